The Morgan fingerprint density at radius 1 is 0.833 bits per heavy atom. The van der Waals surface area contributed by atoms with Gasteiger partial charge in [-0.1, -0.05) is 57.7 Å². The summed E-state index contributed by atoms with van der Waals surface area (Å²) >= 11 is 0. The minimum absolute atomic E-state index is 0.326. The van der Waals surface area contributed by atoms with Gasteiger partial charge in [0.25, 0.3) is 0 Å². The van der Waals surface area contributed by atoms with Gasteiger partial charge in [-0.2, -0.15) is 0 Å². The Bertz CT molecular complexity index is 1270. The standard InChI is InChI=1S/C31H36N2O3/c1-4-6-10-16-33(17-11-7-5-2)22-14-15-25-29(19-22)35-28-18-21(3)27(32)20-26(28)31(25)24-13-9-8-12-23(24)30(34)36-31/h8-9,12-15,18-20H,4-7,10-11,16-17,32H2,1-3H3. The number of carbonyl (C=O) groups excluding carboxylic acids is 1. The van der Waals surface area contributed by atoms with Gasteiger partial charge in [0.15, 0.2) is 5.60 Å². The highest BCUT2D eigenvalue weighted by molar-refractivity contribution is 5.97. The van der Waals surface area contributed by atoms with Crippen LogP contribution in [-0.2, 0) is 10.3 Å². The topological polar surface area (TPSA) is 64.8 Å². The van der Waals surface area contributed by atoms with E-state index in [0.29, 0.717) is 17.0 Å². The molecule has 2 N–H and O–H groups in total. The molecule has 2 aliphatic heterocycles. The molecule has 0 radical (unpaired) electrons. The highest BCUT2D eigenvalue weighted by atomic mass is 16.6. The number of benzene rings is 3. The Morgan fingerprint density at radius 3 is 2.25 bits per heavy atom. The second-order valence-corrected chi connectivity index (χ2v) is 10.0. The van der Waals surface area contributed by atoms with E-state index in [-0.39, 0.29) is 5.97 Å². The van der Waals surface area contributed by atoms with E-state index < -0.39 is 5.60 Å². The summed E-state index contributed by atoms with van der Waals surface area (Å²) in [6.07, 6.45) is 7.16. The minimum Gasteiger partial charge on any atom is -0.456 e. The number of rotatable bonds is 9. The predicted molar refractivity (Wildman–Crippen MR) is 145 cm³/mol. The number of unbranched alkanes of at least 4 members (excludes halogenated alkanes) is 4. The lowest BCUT2D eigenvalue weighted by Crippen LogP contribution is -2.33. The number of nitrogens with zero attached hydrogens (tertiary/aromatic N) is 1. The zero-order valence-electron chi connectivity index (χ0n) is 21.6. The molecule has 2 heterocycles. The molecule has 5 rings (SSSR count). The van der Waals surface area contributed by atoms with Crippen LogP contribution >= 0.6 is 0 Å². The summed E-state index contributed by atoms with van der Waals surface area (Å²) in [6, 6.07) is 17.8. The first-order valence-corrected chi connectivity index (χ1v) is 13.3. The number of aryl methyl sites for hydroxylation is 1. The maximum atomic E-state index is 13.1. The summed E-state index contributed by atoms with van der Waals surface area (Å²) in [6.45, 7) is 8.48. The van der Waals surface area contributed by atoms with Crippen LogP contribution in [0.4, 0.5) is 11.4 Å². The van der Waals surface area contributed by atoms with E-state index >= 15 is 0 Å². The van der Waals surface area contributed by atoms with Gasteiger partial charge >= 0.3 is 5.97 Å². The van der Waals surface area contributed by atoms with Gasteiger partial charge in [-0.15, -0.1) is 0 Å². The number of nitrogen functional groups attached to an aromatic ring is 1. The van der Waals surface area contributed by atoms with Crippen LogP contribution in [0.25, 0.3) is 0 Å². The third kappa shape index (κ3) is 4.01. The summed E-state index contributed by atoms with van der Waals surface area (Å²) in [5, 5.41) is 0. The Hall–Kier alpha value is -3.47. The van der Waals surface area contributed by atoms with E-state index in [1.807, 2.05) is 43.3 Å². The van der Waals surface area contributed by atoms with Gasteiger partial charge in [0, 0.05) is 47.2 Å². The molecule has 0 amide bonds. The summed E-state index contributed by atoms with van der Waals surface area (Å²) in [5.41, 5.74) is 11.0. The number of esters is 1. The van der Waals surface area contributed by atoms with Crippen molar-refractivity contribution in [1.29, 1.82) is 0 Å². The van der Waals surface area contributed by atoms with Crippen molar-refractivity contribution in [2.75, 3.05) is 23.7 Å². The average Bonchev–Trinajstić information content (AvgIpc) is 3.17. The van der Waals surface area contributed by atoms with Crippen molar-refractivity contribution in [1.82, 2.24) is 0 Å². The molecule has 0 saturated carbocycles. The van der Waals surface area contributed by atoms with Crippen molar-refractivity contribution in [3.05, 3.63) is 82.4 Å². The molecule has 36 heavy (non-hydrogen) atoms. The Labute approximate surface area is 214 Å². The maximum absolute atomic E-state index is 13.1. The van der Waals surface area contributed by atoms with Crippen LogP contribution in [0.1, 0.15) is 85.0 Å². The maximum Gasteiger partial charge on any atom is 0.340 e. The van der Waals surface area contributed by atoms with Crippen molar-refractivity contribution in [3.63, 3.8) is 0 Å². The first-order chi connectivity index (χ1) is 17.5. The highest BCUT2D eigenvalue weighted by Crippen LogP contribution is 2.57. The Balaban J connectivity index is 1.63. The fourth-order valence-electron chi connectivity index (χ4n) is 5.50. The molecule has 5 heteroatoms. The molecule has 3 aromatic rings. The Morgan fingerprint density at radius 2 is 1.53 bits per heavy atom. The van der Waals surface area contributed by atoms with Gasteiger partial charge in [-0.25, -0.2) is 4.79 Å². The molecule has 0 aliphatic carbocycles. The number of hydrogen-bond donors (Lipinski definition) is 1. The van der Waals surface area contributed by atoms with Crippen molar-refractivity contribution >= 4 is 17.3 Å². The number of fused-ring (bicyclic) bond motifs is 6. The molecule has 2 aliphatic rings. The average molecular weight is 485 g/mol. The molecule has 0 aromatic heterocycles. The van der Waals surface area contributed by atoms with Crippen LogP contribution in [0.2, 0.25) is 0 Å². The number of carbonyl (C=O) groups is 1. The van der Waals surface area contributed by atoms with E-state index in [9.17, 15) is 4.79 Å². The normalized spacial score (nSPS) is 17.2. The molecule has 0 fully saturated rings. The summed E-state index contributed by atoms with van der Waals surface area (Å²) < 4.78 is 12.8. The van der Waals surface area contributed by atoms with Crippen molar-refractivity contribution < 1.29 is 14.3 Å². The molecular weight excluding hydrogens is 448 g/mol. The van der Waals surface area contributed by atoms with Crippen LogP contribution in [-0.4, -0.2) is 19.1 Å². The monoisotopic (exact) mass is 484 g/mol. The zero-order valence-corrected chi connectivity index (χ0v) is 21.6. The molecule has 0 bridgehead atoms. The third-order valence-corrected chi connectivity index (χ3v) is 7.51. The van der Waals surface area contributed by atoms with Gasteiger partial charge in [0.1, 0.15) is 11.5 Å². The fourth-order valence-corrected chi connectivity index (χ4v) is 5.50. The van der Waals surface area contributed by atoms with Crippen LogP contribution < -0.4 is 15.4 Å². The van der Waals surface area contributed by atoms with Crippen LogP contribution in [0.3, 0.4) is 0 Å². The van der Waals surface area contributed by atoms with E-state index in [0.717, 1.165) is 59.6 Å². The third-order valence-electron chi connectivity index (χ3n) is 7.51. The lowest BCUT2D eigenvalue weighted by Gasteiger charge is -2.37. The number of ether oxygens (including phenoxy) is 2. The lowest BCUT2D eigenvalue weighted by atomic mass is 9.77. The van der Waals surface area contributed by atoms with Gasteiger partial charge in [-0.3, -0.25) is 0 Å². The number of anilines is 2. The molecule has 5 nitrogen and oxygen atoms in total. The largest absolute Gasteiger partial charge is 0.456 e. The molecule has 0 saturated heterocycles. The lowest BCUT2D eigenvalue weighted by molar-refractivity contribution is 0.0224. The fraction of sp³-hybridized carbons (Fsp3) is 0.387. The first kappa shape index (κ1) is 24.2. The second kappa shape index (κ2) is 9.88. The summed E-state index contributed by atoms with van der Waals surface area (Å²) in [7, 11) is 0. The van der Waals surface area contributed by atoms with Crippen molar-refractivity contribution in [2.45, 2.75) is 64.9 Å². The van der Waals surface area contributed by atoms with E-state index in [1.54, 1.807) is 0 Å². The van der Waals surface area contributed by atoms with Crippen LogP contribution in [0.15, 0.2) is 54.6 Å². The van der Waals surface area contributed by atoms with Crippen LogP contribution in [0, 0.1) is 6.92 Å². The number of hydrogen-bond acceptors (Lipinski definition) is 5. The highest BCUT2D eigenvalue weighted by Gasteiger charge is 2.53. The summed E-state index contributed by atoms with van der Waals surface area (Å²) in [5.74, 6) is 1.08. The first-order valence-electron chi connectivity index (χ1n) is 13.3. The number of nitrogens with two attached hydrogens (primary N) is 1. The molecule has 1 atom stereocenters. The Kier molecular flexibility index (Phi) is 6.65. The minimum atomic E-state index is -1.08. The van der Waals surface area contributed by atoms with E-state index in [2.05, 4.69) is 36.9 Å². The summed E-state index contributed by atoms with van der Waals surface area (Å²) in [4.78, 5) is 15.5. The quantitative estimate of drug-likeness (QED) is 0.196. The molecular formula is C31H36N2O3. The zero-order chi connectivity index (χ0) is 25.3. The van der Waals surface area contributed by atoms with Gasteiger partial charge in [0.05, 0.1) is 5.56 Å². The van der Waals surface area contributed by atoms with Gasteiger partial charge < -0.3 is 20.1 Å². The van der Waals surface area contributed by atoms with Crippen molar-refractivity contribution in [2.24, 2.45) is 0 Å². The SMILES string of the molecule is CCCCCN(CCCCC)c1ccc2c(c1)Oc1cc(C)c(N)cc1C21OC(=O)c2ccccc21. The molecule has 3 aromatic carbocycles. The molecule has 1 spiro atoms. The smallest absolute Gasteiger partial charge is 0.340 e. The van der Waals surface area contributed by atoms with Gasteiger partial charge in [0.2, 0.25) is 0 Å². The van der Waals surface area contributed by atoms with Crippen molar-refractivity contribution in [3.8, 4) is 11.5 Å². The molecule has 1 unspecified atom stereocenters. The van der Waals surface area contributed by atoms with E-state index in [1.165, 1.54) is 25.7 Å². The van der Waals surface area contributed by atoms with E-state index in [4.69, 9.17) is 15.2 Å². The van der Waals surface area contributed by atoms with Gasteiger partial charge in [-0.05, 0) is 55.7 Å². The second-order valence-electron chi connectivity index (χ2n) is 10.0. The predicted octanol–water partition coefficient (Wildman–Crippen LogP) is 7.33. The molecule has 188 valence electrons. The van der Waals surface area contributed by atoms with Crippen LogP contribution in [0.5, 0.6) is 11.5 Å².